The molecule has 134 valence electrons. The predicted octanol–water partition coefficient (Wildman–Crippen LogP) is 3.14. The van der Waals surface area contributed by atoms with Crippen LogP contribution in [0.2, 0.25) is 0 Å². The van der Waals surface area contributed by atoms with E-state index in [4.69, 9.17) is 4.74 Å². The van der Waals surface area contributed by atoms with Gasteiger partial charge in [-0.1, -0.05) is 26.0 Å². The van der Waals surface area contributed by atoms with Crippen LogP contribution in [-0.2, 0) is 11.3 Å². The van der Waals surface area contributed by atoms with Crippen LogP contribution < -0.4 is 15.4 Å². The summed E-state index contributed by atoms with van der Waals surface area (Å²) in [5.41, 5.74) is 1.57. The standard InChI is InChI=1S/C19H24N2O3S/c1-12(2)17(19(23)20-11-16-13(3)9-10-25-16)21-18(22)14-7-5-6-8-15(14)24-4/h5-10,12,17H,11H2,1-4H3,(H,20,23)(H,21,22). The number of hydrogen-bond acceptors (Lipinski definition) is 4. The molecular formula is C19H24N2O3S. The van der Waals surface area contributed by atoms with E-state index >= 15 is 0 Å². The Morgan fingerprint density at radius 1 is 1.20 bits per heavy atom. The van der Waals surface area contributed by atoms with Crippen LogP contribution in [0.25, 0.3) is 0 Å². The Labute approximate surface area is 152 Å². The van der Waals surface area contributed by atoms with Crippen LogP contribution >= 0.6 is 11.3 Å². The average Bonchev–Trinajstić information content (AvgIpc) is 3.02. The molecule has 0 radical (unpaired) electrons. The molecule has 0 aliphatic heterocycles. The topological polar surface area (TPSA) is 67.4 Å². The van der Waals surface area contributed by atoms with Crippen molar-refractivity contribution in [3.05, 3.63) is 51.7 Å². The Morgan fingerprint density at radius 3 is 2.52 bits per heavy atom. The maximum Gasteiger partial charge on any atom is 0.255 e. The highest BCUT2D eigenvalue weighted by Gasteiger charge is 2.25. The minimum absolute atomic E-state index is 0.0388. The summed E-state index contributed by atoms with van der Waals surface area (Å²) in [4.78, 5) is 26.2. The summed E-state index contributed by atoms with van der Waals surface area (Å²) in [7, 11) is 1.52. The van der Waals surface area contributed by atoms with Crippen molar-refractivity contribution >= 4 is 23.2 Å². The second-order valence-electron chi connectivity index (χ2n) is 6.14. The van der Waals surface area contributed by atoms with Gasteiger partial charge in [0.15, 0.2) is 0 Å². The molecule has 0 spiro atoms. The van der Waals surface area contributed by atoms with Gasteiger partial charge in [-0.05, 0) is 42.0 Å². The Bertz CT molecular complexity index is 740. The number of rotatable bonds is 7. The highest BCUT2D eigenvalue weighted by Crippen LogP contribution is 2.18. The third-order valence-corrected chi connectivity index (χ3v) is 5.00. The molecule has 2 N–H and O–H groups in total. The van der Waals surface area contributed by atoms with Gasteiger partial charge in [-0.25, -0.2) is 0 Å². The molecule has 1 heterocycles. The second kappa shape index (κ2) is 8.67. The highest BCUT2D eigenvalue weighted by atomic mass is 32.1. The molecule has 5 nitrogen and oxygen atoms in total. The van der Waals surface area contributed by atoms with E-state index in [9.17, 15) is 9.59 Å². The third-order valence-electron chi connectivity index (χ3n) is 3.98. The molecular weight excluding hydrogens is 336 g/mol. The van der Waals surface area contributed by atoms with Crippen LogP contribution in [0.4, 0.5) is 0 Å². The van der Waals surface area contributed by atoms with Crippen LogP contribution in [-0.4, -0.2) is 25.0 Å². The minimum atomic E-state index is -0.613. The summed E-state index contributed by atoms with van der Waals surface area (Å²) in [6.45, 7) is 6.30. The molecule has 0 bridgehead atoms. The molecule has 2 aromatic rings. The first-order chi connectivity index (χ1) is 11.9. The summed E-state index contributed by atoms with van der Waals surface area (Å²) in [6.07, 6.45) is 0. The van der Waals surface area contributed by atoms with E-state index in [2.05, 4.69) is 10.6 Å². The second-order valence-corrected chi connectivity index (χ2v) is 7.14. The molecule has 1 unspecified atom stereocenters. The van der Waals surface area contributed by atoms with Crippen LogP contribution in [0.1, 0.15) is 34.6 Å². The lowest BCUT2D eigenvalue weighted by Crippen LogP contribution is -2.49. The van der Waals surface area contributed by atoms with Crippen molar-refractivity contribution in [3.8, 4) is 5.75 Å². The Kier molecular flexibility index (Phi) is 6.58. The van der Waals surface area contributed by atoms with E-state index < -0.39 is 6.04 Å². The number of benzene rings is 1. The molecule has 2 amide bonds. The summed E-state index contributed by atoms with van der Waals surface area (Å²) < 4.78 is 5.22. The molecule has 0 aliphatic rings. The Morgan fingerprint density at radius 2 is 1.92 bits per heavy atom. The number of hydrogen-bond donors (Lipinski definition) is 2. The van der Waals surface area contributed by atoms with Crippen molar-refractivity contribution in [2.75, 3.05) is 7.11 Å². The third kappa shape index (κ3) is 4.82. The summed E-state index contributed by atoms with van der Waals surface area (Å²) >= 11 is 1.61. The SMILES string of the molecule is COc1ccccc1C(=O)NC(C(=O)NCc1sccc1C)C(C)C. The van der Waals surface area contributed by atoms with Gasteiger partial charge >= 0.3 is 0 Å². The van der Waals surface area contributed by atoms with Gasteiger partial charge < -0.3 is 15.4 Å². The number of thiophene rings is 1. The fraction of sp³-hybridized carbons (Fsp3) is 0.368. The van der Waals surface area contributed by atoms with Crippen molar-refractivity contribution in [3.63, 3.8) is 0 Å². The van der Waals surface area contributed by atoms with Crippen LogP contribution in [0, 0.1) is 12.8 Å². The van der Waals surface area contributed by atoms with E-state index in [1.807, 2.05) is 32.2 Å². The molecule has 0 saturated carbocycles. The van der Waals surface area contributed by atoms with Crippen LogP contribution in [0.5, 0.6) is 5.75 Å². The number of nitrogens with one attached hydrogen (secondary N) is 2. The number of carbonyl (C=O) groups excluding carboxylic acids is 2. The molecule has 25 heavy (non-hydrogen) atoms. The van der Waals surface area contributed by atoms with E-state index in [1.165, 1.54) is 7.11 Å². The zero-order chi connectivity index (χ0) is 18.4. The zero-order valence-corrected chi connectivity index (χ0v) is 15.8. The fourth-order valence-corrected chi connectivity index (χ4v) is 3.29. The molecule has 0 aliphatic carbocycles. The van der Waals surface area contributed by atoms with Crippen LogP contribution in [0.3, 0.4) is 0 Å². The molecule has 2 rings (SSSR count). The van der Waals surface area contributed by atoms with Gasteiger partial charge in [0.2, 0.25) is 5.91 Å². The zero-order valence-electron chi connectivity index (χ0n) is 15.0. The maximum atomic E-state index is 12.6. The quantitative estimate of drug-likeness (QED) is 0.797. The number of para-hydroxylation sites is 1. The average molecular weight is 360 g/mol. The largest absolute Gasteiger partial charge is 0.496 e. The lowest BCUT2D eigenvalue weighted by atomic mass is 10.0. The lowest BCUT2D eigenvalue weighted by molar-refractivity contribution is -0.124. The number of ether oxygens (including phenoxy) is 1. The highest BCUT2D eigenvalue weighted by molar-refractivity contribution is 7.10. The van der Waals surface area contributed by atoms with Crippen molar-refractivity contribution in [1.82, 2.24) is 10.6 Å². The first-order valence-electron chi connectivity index (χ1n) is 8.18. The summed E-state index contributed by atoms with van der Waals surface area (Å²) in [6, 6.07) is 8.37. The Hall–Kier alpha value is -2.34. The number of aryl methyl sites for hydroxylation is 1. The van der Waals surface area contributed by atoms with E-state index in [0.29, 0.717) is 17.9 Å². The predicted molar refractivity (Wildman–Crippen MR) is 100.0 cm³/mol. The van der Waals surface area contributed by atoms with Gasteiger partial charge in [0, 0.05) is 4.88 Å². The van der Waals surface area contributed by atoms with Gasteiger partial charge in [0.05, 0.1) is 19.2 Å². The summed E-state index contributed by atoms with van der Waals surface area (Å²) in [5, 5.41) is 7.74. The molecule has 1 aromatic heterocycles. The molecule has 0 saturated heterocycles. The molecule has 1 aromatic carbocycles. The van der Waals surface area contributed by atoms with Gasteiger partial charge in [0.25, 0.3) is 5.91 Å². The smallest absolute Gasteiger partial charge is 0.255 e. The Balaban J connectivity index is 2.05. The summed E-state index contributed by atoms with van der Waals surface area (Å²) in [5.74, 6) is -0.0649. The molecule has 0 fully saturated rings. The number of carbonyl (C=O) groups is 2. The normalized spacial score (nSPS) is 11.9. The van der Waals surface area contributed by atoms with E-state index in [1.54, 1.807) is 35.6 Å². The van der Waals surface area contributed by atoms with Gasteiger partial charge in [-0.15, -0.1) is 11.3 Å². The van der Waals surface area contributed by atoms with Crippen molar-refractivity contribution < 1.29 is 14.3 Å². The van der Waals surface area contributed by atoms with E-state index in [0.717, 1.165) is 10.4 Å². The van der Waals surface area contributed by atoms with Crippen molar-refractivity contribution in [2.45, 2.75) is 33.4 Å². The van der Waals surface area contributed by atoms with Gasteiger partial charge in [-0.2, -0.15) is 0 Å². The molecule has 6 heteroatoms. The van der Waals surface area contributed by atoms with Gasteiger partial charge in [0.1, 0.15) is 11.8 Å². The fourth-order valence-electron chi connectivity index (χ4n) is 2.45. The van der Waals surface area contributed by atoms with Crippen LogP contribution in [0.15, 0.2) is 35.7 Å². The first-order valence-corrected chi connectivity index (χ1v) is 9.06. The van der Waals surface area contributed by atoms with E-state index in [-0.39, 0.29) is 17.7 Å². The lowest BCUT2D eigenvalue weighted by Gasteiger charge is -2.22. The number of amides is 2. The maximum absolute atomic E-state index is 12.6. The molecule has 1 atom stereocenters. The van der Waals surface area contributed by atoms with Crippen molar-refractivity contribution in [2.24, 2.45) is 5.92 Å². The van der Waals surface area contributed by atoms with Crippen molar-refractivity contribution in [1.29, 1.82) is 0 Å². The minimum Gasteiger partial charge on any atom is -0.496 e. The number of methoxy groups -OCH3 is 1. The first kappa shape index (κ1) is 19.0. The van der Waals surface area contributed by atoms with Gasteiger partial charge in [-0.3, -0.25) is 9.59 Å². The monoisotopic (exact) mass is 360 g/mol.